The number of methoxy groups -OCH3 is 1. The van der Waals surface area contributed by atoms with Crippen LogP contribution >= 0.6 is 34.5 Å². The van der Waals surface area contributed by atoms with E-state index in [1.807, 2.05) is 34.5 Å². The van der Waals surface area contributed by atoms with Gasteiger partial charge in [-0.15, -0.1) is 11.3 Å². The molecule has 1 aliphatic carbocycles. The Labute approximate surface area is 276 Å². The topological polar surface area (TPSA) is 108 Å². The van der Waals surface area contributed by atoms with Crippen LogP contribution in [-0.4, -0.2) is 90.3 Å². The molecule has 0 spiro atoms. The Bertz CT molecular complexity index is 1570. The van der Waals surface area contributed by atoms with Gasteiger partial charge in [0.15, 0.2) is 0 Å². The number of nitrogens with zero attached hydrogens (tertiary/aromatic N) is 2. The smallest absolute Gasteiger partial charge is 0.306 e. The van der Waals surface area contributed by atoms with Crippen molar-refractivity contribution < 1.29 is 29.0 Å². The highest BCUT2D eigenvalue weighted by Crippen LogP contribution is 2.34. The molecule has 0 unspecified atom stereocenters. The van der Waals surface area contributed by atoms with Gasteiger partial charge in [-0.1, -0.05) is 41.4 Å². The lowest BCUT2D eigenvalue weighted by Crippen LogP contribution is -2.56. The lowest BCUT2D eigenvalue weighted by molar-refractivity contribution is -0.144. The largest absolute Gasteiger partial charge is 0.481 e. The summed E-state index contributed by atoms with van der Waals surface area (Å²) in [6.45, 7) is 2.67. The van der Waals surface area contributed by atoms with Gasteiger partial charge < -0.3 is 24.8 Å². The van der Waals surface area contributed by atoms with Crippen LogP contribution < -0.4 is 5.32 Å². The summed E-state index contributed by atoms with van der Waals surface area (Å²) in [5, 5.41) is 15.5. The van der Waals surface area contributed by atoms with Crippen molar-refractivity contribution >= 4 is 68.1 Å². The molecule has 2 saturated heterocycles. The van der Waals surface area contributed by atoms with E-state index in [4.69, 9.17) is 32.7 Å². The summed E-state index contributed by atoms with van der Waals surface area (Å²) in [6, 6.07) is 11.1. The van der Waals surface area contributed by atoms with Crippen LogP contribution in [0.1, 0.15) is 48.0 Å². The maximum absolute atomic E-state index is 13.8. The number of anilines is 1. The molecule has 9 nitrogen and oxygen atoms in total. The van der Waals surface area contributed by atoms with Crippen molar-refractivity contribution in [1.82, 2.24) is 9.80 Å². The van der Waals surface area contributed by atoms with E-state index in [0.29, 0.717) is 65.7 Å². The number of amides is 2. The molecule has 3 heterocycles. The van der Waals surface area contributed by atoms with Crippen LogP contribution in [0.5, 0.6) is 0 Å². The lowest BCUT2D eigenvalue weighted by atomic mass is 9.87. The summed E-state index contributed by atoms with van der Waals surface area (Å²) in [6.07, 6.45) is 3.72. The second kappa shape index (κ2) is 13.9. The third kappa shape index (κ3) is 7.16. The number of hydrogen-bond acceptors (Lipinski definition) is 7. The van der Waals surface area contributed by atoms with Crippen LogP contribution in [-0.2, 0) is 25.5 Å². The van der Waals surface area contributed by atoms with Crippen molar-refractivity contribution in [3.05, 3.63) is 63.0 Å². The van der Waals surface area contributed by atoms with Gasteiger partial charge in [-0.2, -0.15) is 0 Å². The molecular formula is C33H37Cl2N3O6S. The number of nitrogens with one attached hydrogen (secondary N) is 1. The van der Waals surface area contributed by atoms with Crippen molar-refractivity contribution in [2.24, 2.45) is 5.92 Å². The number of ether oxygens (including phenoxy) is 2. The molecule has 2 N–H and O–H groups in total. The molecule has 2 aromatic carbocycles. The van der Waals surface area contributed by atoms with Gasteiger partial charge in [0.2, 0.25) is 5.91 Å². The van der Waals surface area contributed by atoms with Gasteiger partial charge in [-0.25, -0.2) is 0 Å². The normalized spacial score (nSPS) is 24.1. The van der Waals surface area contributed by atoms with E-state index in [-0.39, 0.29) is 48.4 Å². The Balaban J connectivity index is 1.11. The maximum Gasteiger partial charge on any atom is 0.306 e. The number of hydrogen-bond donors (Lipinski definition) is 2. The van der Waals surface area contributed by atoms with E-state index in [0.717, 1.165) is 29.6 Å². The molecule has 240 valence electrons. The fourth-order valence-electron chi connectivity index (χ4n) is 6.69. The van der Waals surface area contributed by atoms with Crippen molar-refractivity contribution in [3.8, 4) is 0 Å². The first-order valence-corrected chi connectivity index (χ1v) is 17.0. The van der Waals surface area contributed by atoms with Crippen LogP contribution in [0.2, 0.25) is 10.0 Å². The van der Waals surface area contributed by atoms with Crippen molar-refractivity contribution in [3.63, 3.8) is 0 Å². The van der Waals surface area contributed by atoms with E-state index in [1.165, 1.54) is 11.3 Å². The Kier molecular flexibility index (Phi) is 9.99. The predicted octanol–water partition coefficient (Wildman–Crippen LogP) is 5.96. The zero-order valence-corrected chi connectivity index (χ0v) is 27.4. The zero-order valence-electron chi connectivity index (χ0n) is 25.0. The van der Waals surface area contributed by atoms with E-state index in [2.05, 4.69) is 10.2 Å². The first-order chi connectivity index (χ1) is 21.7. The summed E-state index contributed by atoms with van der Waals surface area (Å²) in [5.74, 6) is -1.38. The number of benzene rings is 2. The molecular weight excluding hydrogens is 637 g/mol. The van der Waals surface area contributed by atoms with E-state index in [1.54, 1.807) is 19.2 Å². The average molecular weight is 675 g/mol. The number of thiophene rings is 1. The number of aliphatic carboxylic acids is 1. The minimum atomic E-state index is -0.738. The van der Waals surface area contributed by atoms with Crippen LogP contribution in [0, 0.1) is 5.92 Å². The van der Waals surface area contributed by atoms with Gasteiger partial charge in [0, 0.05) is 53.3 Å². The Hall–Kier alpha value is -2.73. The molecule has 12 heteroatoms. The van der Waals surface area contributed by atoms with Gasteiger partial charge >= 0.3 is 5.97 Å². The molecule has 1 saturated carbocycles. The lowest BCUT2D eigenvalue weighted by Gasteiger charge is -2.42. The number of fused-ring (bicyclic) bond motifs is 1. The van der Waals surface area contributed by atoms with Gasteiger partial charge in [-0.05, 0) is 55.9 Å². The minimum Gasteiger partial charge on any atom is -0.481 e. The highest BCUT2D eigenvalue weighted by molar-refractivity contribution is 7.17. The minimum absolute atomic E-state index is 0.00144. The first kappa shape index (κ1) is 32.2. The molecule has 2 amide bonds. The Morgan fingerprint density at radius 3 is 2.51 bits per heavy atom. The van der Waals surface area contributed by atoms with Crippen LogP contribution in [0.15, 0.2) is 41.8 Å². The van der Waals surface area contributed by atoms with Gasteiger partial charge in [-0.3, -0.25) is 19.3 Å². The summed E-state index contributed by atoms with van der Waals surface area (Å²) in [5.41, 5.74) is 1.53. The van der Waals surface area contributed by atoms with Crippen molar-refractivity contribution in [2.75, 3.05) is 38.7 Å². The molecule has 6 rings (SSSR count). The highest BCUT2D eigenvalue weighted by Gasteiger charge is 2.42. The fourth-order valence-corrected chi connectivity index (χ4v) is 8.09. The van der Waals surface area contributed by atoms with Crippen LogP contribution in [0.25, 0.3) is 10.1 Å². The molecule has 0 radical (unpaired) electrons. The number of halogens is 2. The first-order valence-electron chi connectivity index (χ1n) is 15.4. The van der Waals surface area contributed by atoms with E-state index < -0.39 is 5.97 Å². The zero-order chi connectivity index (χ0) is 31.7. The summed E-state index contributed by atoms with van der Waals surface area (Å²) < 4.78 is 12.8. The molecule has 2 aliphatic heterocycles. The van der Waals surface area contributed by atoms with E-state index in [9.17, 15) is 19.5 Å². The fraction of sp³-hybridized carbons (Fsp3) is 0.485. The van der Waals surface area contributed by atoms with Gasteiger partial charge in [0.25, 0.3) is 5.91 Å². The Morgan fingerprint density at radius 2 is 1.78 bits per heavy atom. The number of carbonyl (C=O) groups is 3. The molecule has 2 atom stereocenters. The molecule has 1 aromatic heterocycles. The predicted molar refractivity (Wildman–Crippen MR) is 176 cm³/mol. The Morgan fingerprint density at radius 1 is 1.02 bits per heavy atom. The molecule has 0 bridgehead atoms. The number of carboxylic acid groups (broad SMARTS) is 1. The standard InChI is InChI=1S/C33H37Cl2N3O6S/c1-43-24-15-37(16-24)21-12-22(17-44-23-8-6-19(7-9-23)33(41)42)38(14-21)31(39)11-20-10-28(35)29(13-27(20)34)36-32(40)26-18-45-30-5-3-2-4-25(26)30/h2-5,10,13,18-19,21-24H,6-9,11-12,14-17H2,1H3,(H,36,40)(H,41,42)/t19?,21-,22-,23?/m0/s1. The van der Waals surface area contributed by atoms with Crippen molar-refractivity contribution in [2.45, 2.75) is 62.8 Å². The molecule has 45 heavy (non-hydrogen) atoms. The molecule has 3 aliphatic rings. The van der Waals surface area contributed by atoms with Crippen LogP contribution in [0.3, 0.4) is 0 Å². The third-order valence-electron chi connectivity index (χ3n) is 9.44. The number of carbonyl (C=O) groups excluding carboxylic acids is 2. The second-order valence-corrected chi connectivity index (χ2v) is 14.0. The average Bonchev–Trinajstić information content (AvgIpc) is 3.63. The van der Waals surface area contributed by atoms with E-state index >= 15 is 0 Å². The summed E-state index contributed by atoms with van der Waals surface area (Å²) >= 11 is 14.8. The summed E-state index contributed by atoms with van der Waals surface area (Å²) in [7, 11) is 1.72. The van der Waals surface area contributed by atoms with Gasteiger partial charge in [0.05, 0.1) is 53.5 Å². The maximum atomic E-state index is 13.8. The summed E-state index contributed by atoms with van der Waals surface area (Å²) in [4.78, 5) is 42.5. The molecule has 3 fully saturated rings. The molecule has 3 aromatic rings. The van der Waals surface area contributed by atoms with Crippen molar-refractivity contribution in [1.29, 1.82) is 0 Å². The third-order valence-corrected chi connectivity index (χ3v) is 11.1. The number of rotatable bonds is 10. The number of carboxylic acids is 1. The second-order valence-electron chi connectivity index (χ2n) is 12.2. The SMILES string of the molecule is COC1CN([C@H]2C[C@@H](COC3CCC(C(=O)O)CC3)N(C(=O)Cc3cc(Cl)c(NC(=O)c4csc5ccccc45)cc3Cl)C2)C1. The van der Waals surface area contributed by atoms with Crippen LogP contribution in [0.4, 0.5) is 5.69 Å². The highest BCUT2D eigenvalue weighted by atomic mass is 35.5. The quantitative estimate of drug-likeness (QED) is 0.273. The van der Waals surface area contributed by atoms with Gasteiger partial charge in [0.1, 0.15) is 0 Å². The number of likely N-dealkylation sites (tertiary alicyclic amines) is 2. The monoisotopic (exact) mass is 673 g/mol.